The Bertz CT molecular complexity index is 3190. The van der Waals surface area contributed by atoms with E-state index in [-0.39, 0.29) is 40.9 Å². The highest BCUT2D eigenvalue weighted by molar-refractivity contribution is 7.92. The molecule has 20 heteroatoms. The first-order chi connectivity index (χ1) is 35.5. The van der Waals surface area contributed by atoms with E-state index in [0.717, 1.165) is 78.1 Å². The molecule has 2 amide bonds. The van der Waals surface area contributed by atoms with Crippen molar-refractivity contribution < 1.29 is 35.9 Å². The fourth-order valence-corrected chi connectivity index (χ4v) is 16.6. The third kappa shape index (κ3) is 12.3. The van der Waals surface area contributed by atoms with E-state index >= 15 is 0 Å². The number of aromatic amines is 2. The number of nitrogens with one attached hydrogen (secondary N) is 6. The summed E-state index contributed by atoms with van der Waals surface area (Å²) in [5.74, 6) is 1.85. The van der Waals surface area contributed by atoms with Gasteiger partial charge in [-0.15, -0.1) is 22.7 Å². The number of sulfone groups is 2. The van der Waals surface area contributed by atoms with E-state index < -0.39 is 25.8 Å². The number of thiophene rings is 2. The number of nitrogens with zero attached hydrogens (tertiary/aromatic N) is 2. The number of aryl methyl sites for hydroxylation is 2. The summed E-state index contributed by atoms with van der Waals surface area (Å²) in [7, 11) is -7.04. The molecule has 0 saturated heterocycles. The Morgan fingerprint density at radius 3 is 1.54 bits per heavy atom. The largest absolute Gasteiger partial charge is 0.447 e. The van der Waals surface area contributed by atoms with Crippen molar-refractivity contribution in [3.63, 3.8) is 0 Å². The zero-order chi connectivity index (χ0) is 51.7. The van der Waals surface area contributed by atoms with Gasteiger partial charge < -0.3 is 30.7 Å². The van der Waals surface area contributed by atoms with Gasteiger partial charge in [-0.3, -0.25) is 10.2 Å². The molecule has 6 aromatic rings. The summed E-state index contributed by atoms with van der Waals surface area (Å²) in [5, 5.41) is 26.6. The van der Waals surface area contributed by atoms with E-state index in [1.807, 2.05) is 76.2 Å². The van der Waals surface area contributed by atoms with E-state index in [2.05, 4.69) is 53.8 Å². The molecule has 0 bridgehead atoms. The molecular weight excluding hydrogens is 1020 g/mol. The molecule has 10 rings (SSSR count). The highest BCUT2D eigenvalue weighted by atomic mass is 32.2. The van der Waals surface area contributed by atoms with Crippen molar-refractivity contribution in [2.24, 2.45) is 0 Å². The van der Waals surface area contributed by atoms with Gasteiger partial charge in [0.15, 0.2) is 31.3 Å². The highest BCUT2D eigenvalue weighted by Crippen LogP contribution is 2.46. The van der Waals surface area contributed by atoms with Crippen LogP contribution in [0.2, 0.25) is 0 Å². The van der Waals surface area contributed by atoms with Crippen molar-refractivity contribution >= 4 is 77.5 Å². The number of H-pyrrole nitrogens is 2. The molecule has 4 aliphatic carbocycles. The zero-order valence-electron chi connectivity index (χ0n) is 42.2. The van der Waals surface area contributed by atoms with Crippen LogP contribution in [0.4, 0.5) is 32.6 Å². The maximum absolute atomic E-state index is 13.9. The summed E-state index contributed by atoms with van der Waals surface area (Å²) in [4.78, 5) is 30.2. The molecule has 6 N–H and O–H groups in total. The second-order valence-corrected chi connectivity index (χ2v) is 27.5. The molecule has 1 atom stereocenters. The van der Waals surface area contributed by atoms with Crippen LogP contribution in [0, 0.1) is 6.92 Å². The van der Waals surface area contributed by atoms with Crippen molar-refractivity contribution in [2.75, 3.05) is 10.6 Å². The van der Waals surface area contributed by atoms with Crippen LogP contribution in [-0.2, 0) is 35.6 Å². The van der Waals surface area contributed by atoms with Crippen LogP contribution in [0.15, 0.2) is 82.6 Å². The Labute approximate surface area is 441 Å². The van der Waals surface area contributed by atoms with Gasteiger partial charge in [-0.25, -0.2) is 26.4 Å². The number of carbonyl (C=O) groups excluding carboxylic acids is 2. The van der Waals surface area contributed by atoms with Gasteiger partial charge in [-0.05, 0) is 178 Å². The number of anilines is 4. The fraction of sp³-hybridized carbons (Fsp3) is 0.481. The third-order valence-electron chi connectivity index (χ3n) is 14.5. The first kappa shape index (κ1) is 51.8. The molecule has 4 aliphatic rings. The summed E-state index contributed by atoms with van der Waals surface area (Å²) >= 11 is 3.30. The quantitative estimate of drug-likeness (QED) is 0.0445. The lowest BCUT2D eigenvalue weighted by atomic mass is 9.85. The van der Waals surface area contributed by atoms with Gasteiger partial charge in [-0.1, -0.05) is 12.1 Å². The van der Waals surface area contributed by atoms with Crippen LogP contribution in [0.5, 0.6) is 0 Å². The number of carbonyl (C=O) groups is 2. The summed E-state index contributed by atoms with van der Waals surface area (Å²) < 4.78 is 66.2. The molecule has 4 heterocycles. The lowest BCUT2D eigenvalue weighted by Gasteiger charge is -2.28. The lowest BCUT2D eigenvalue weighted by molar-refractivity contribution is 0.0968. The summed E-state index contributed by atoms with van der Waals surface area (Å²) in [6, 6.07) is 23.2. The molecule has 16 nitrogen and oxygen atoms in total. The Hall–Kier alpha value is -5.70. The van der Waals surface area contributed by atoms with Crippen LogP contribution in [0.1, 0.15) is 137 Å². The number of rotatable bonds is 19. The van der Waals surface area contributed by atoms with Crippen molar-refractivity contribution in [2.45, 2.75) is 174 Å². The van der Waals surface area contributed by atoms with Crippen molar-refractivity contribution in [3.05, 3.63) is 93.9 Å². The van der Waals surface area contributed by atoms with Gasteiger partial charge in [0.1, 0.15) is 6.10 Å². The average molecular weight is 1080 g/mol. The smallest absolute Gasteiger partial charge is 0.407 e. The third-order valence-corrected chi connectivity index (χ3v) is 21.7. The Morgan fingerprint density at radius 2 is 1.08 bits per heavy atom. The van der Waals surface area contributed by atoms with Gasteiger partial charge in [0, 0.05) is 77.6 Å². The zero-order valence-corrected chi connectivity index (χ0v) is 45.5. The Kier molecular flexibility index (Phi) is 15.3. The predicted molar refractivity (Wildman–Crippen MR) is 291 cm³/mol. The summed E-state index contributed by atoms with van der Waals surface area (Å²) in [6.45, 7) is 7.46. The van der Waals surface area contributed by atoms with Crippen molar-refractivity contribution in [3.8, 4) is 20.9 Å². The Morgan fingerprint density at radius 1 is 0.608 bits per heavy atom. The summed E-state index contributed by atoms with van der Waals surface area (Å²) in [6.07, 6.45) is 9.53. The minimum Gasteiger partial charge on any atom is -0.447 e. The minimum absolute atomic E-state index is 0.000268. The number of aromatic nitrogens is 4. The van der Waals surface area contributed by atoms with Crippen LogP contribution >= 0.6 is 22.7 Å². The van der Waals surface area contributed by atoms with E-state index in [1.54, 1.807) is 34.8 Å². The maximum atomic E-state index is 13.9. The van der Waals surface area contributed by atoms with Crippen LogP contribution in [0.3, 0.4) is 0 Å². The van der Waals surface area contributed by atoms with E-state index in [9.17, 15) is 26.4 Å². The van der Waals surface area contributed by atoms with Crippen LogP contribution in [0.25, 0.3) is 20.9 Å². The average Bonchev–Trinajstić information content (AvgIpc) is 4.21. The number of amides is 2. The number of benzene rings is 2. The predicted octanol–water partition coefficient (Wildman–Crippen LogP) is 12.2. The molecule has 4 saturated carbocycles. The van der Waals surface area contributed by atoms with Gasteiger partial charge >= 0.3 is 12.2 Å². The molecule has 394 valence electrons. The van der Waals surface area contributed by atoms with Gasteiger partial charge in [0.05, 0.1) is 26.4 Å². The Balaban J connectivity index is 0.691. The van der Waals surface area contributed by atoms with Crippen LogP contribution < -0.4 is 21.3 Å². The molecular formula is C54H66N8O8S4. The van der Waals surface area contributed by atoms with E-state index in [4.69, 9.17) is 9.47 Å². The second-order valence-electron chi connectivity index (χ2n) is 20.9. The molecule has 0 spiro atoms. The van der Waals surface area contributed by atoms with Crippen molar-refractivity contribution in [1.82, 2.24) is 31.0 Å². The molecule has 4 fully saturated rings. The molecule has 1 unspecified atom stereocenters. The maximum Gasteiger partial charge on any atom is 0.407 e. The monoisotopic (exact) mass is 1080 g/mol. The minimum atomic E-state index is -3.55. The number of ether oxygens (including phenoxy) is 2. The van der Waals surface area contributed by atoms with Gasteiger partial charge in [0.25, 0.3) is 0 Å². The molecule has 0 radical (unpaired) electrons. The number of hydrogen-bond donors (Lipinski definition) is 6. The highest BCUT2D eigenvalue weighted by Gasteiger charge is 2.40. The standard InChI is InChI=1S/C54H66N8O8S4/c1-31(2)69-53(63)57-36-11-6-34(7-12-36)45-23-26-48(71-45)44-22-16-39(29-50(44)74(67,68)42-19-20-42)56-52-30-40(60-62-52)10-5-33(4)70-54(64)58-37-13-8-35(9-14-37)46-24-25-47(72-46)43-21-15-38(55-51-27-32(3)59-61-51)28-49(43)73(65,66)41-17-18-41/h15-16,21-31,33-37,41-42H,5-14,17-20H2,1-4H3,(H,57,63)(H,58,64)(H2,55,59,61)(H2,56,60,62)/t33?,34?,35-,36?,37-. The van der Waals surface area contributed by atoms with Crippen LogP contribution in [-0.4, -0.2) is 84.2 Å². The number of hydrogen-bond acceptors (Lipinski definition) is 14. The van der Waals surface area contributed by atoms with E-state index in [1.165, 1.54) is 9.75 Å². The second kappa shape index (κ2) is 21.9. The topological polar surface area (TPSA) is 226 Å². The normalized spacial score (nSPS) is 20.7. The first-order valence-electron chi connectivity index (χ1n) is 26.0. The summed E-state index contributed by atoms with van der Waals surface area (Å²) in [5.41, 5.74) is 4.49. The molecule has 2 aromatic carbocycles. The molecule has 4 aromatic heterocycles. The number of alkyl carbamates (subject to hydrolysis) is 2. The lowest BCUT2D eigenvalue weighted by Crippen LogP contribution is -2.38. The van der Waals surface area contributed by atoms with Crippen molar-refractivity contribution in [1.29, 1.82) is 0 Å². The fourth-order valence-electron chi connectivity index (χ4n) is 10.2. The van der Waals surface area contributed by atoms with Gasteiger partial charge in [0.2, 0.25) is 0 Å². The SMILES string of the molecule is Cc1cc(Nc2ccc(-c3ccc([C@H]4CC[C@H](NC(=O)OC(C)CCc5cc(Nc6ccc(-c7ccc(C8CCC(NC(=O)OC(C)C)CC8)s7)c(S(=O)(=O)C7CC7)c6)n[nH]5)CC4)s3)c(S(=O)(=O)C3CC3)c2)n[nH]1. The van der Waals surface area contributed by atoms with E-state index in [0.29, 0.717) is 88.7 Å². The first-order valence-corrected chi connectivity index (χ1v) is 30.8. The molecule has 0 aliphatic heterocycles. The molecule has 74 heavy (non-hydrogen) atoms. The van der Waals surface area contributed by atoms with Gasteiger partial charge in [-0.2, -0.15) is 10.2 Å².